The van der Waals surface area contributed by atoms with E-state index in [0.717, 1.165) is 6.42 Å². The molecule has 0 heteroatoms. The third kappa shape index (κ3) is 3.45. The third-order valence-electron chi connectivity index (χ3n) is 2.04. The topological polar surface area (TPSA) is 0 Å². The predicted molar refractivity (Wildman–Crippen MR) is 59.8 cm³/mol. The van der Waals surface area contributed by atoms with Crippen molar-refractivity contribution >= 4 is 6.08 Å². The van der Waals surface area contributed by atoms with E-state index in [1.54, 1.807) is 0 Å². The Labute approximate surface area is 81.3 Å². The Bertz CT molecular complexity index is 271. The lowest BCUT2D eigenvalue weighted by atomic mass is 10.1. The second kappa shape index (κ2) is 5.58. The number of aryl methyl sites for hydroxylation is 1. The second-order valence-corrected chi connectivity index (χ2v) is 3.31. The maximum atomic E-state index is 2.27. The van der Waals surface area contributed by atoms with E-state index in [1.165, 1.54) is 24.0 Å². The molecule has 0 aliphatic heterocycles. The first kappa shape index (κ1) is 10.0. The van der Waals surface area contributed by atoms with Gasteiger partial charge < -0.3 is 0 Å². The zero-order valence-corrected chi connectivity index (χ0v) is 8.59. The van der Waals surface area contributed by atoms with Gasteiger partial charge in [0, 0.05) is 0 Å². The minimum Gasteiger partial charge on any atom is -0.0842 e. The number of hydrogen-bond acceptors (Lipinski definition) is 0. The molecular weight excluding hydrogens is 156 g/mol. The standard InChI is InChI=1S/C13H18/c1-3-5-8-13-10-6-9-12(11-13)7-4-2/h5-6,8-11H,3-4,7H2,1-2H3. The van der Waals surface area contributed by atoms with Crippen molar-refractivity contribution in [3.63, 3.8) is 0 Å². The van der Waals surface area contributed by atoms with Crippen LogP contribution in [0.4, 0.5) is 0 Å². The predicted octanol–water partition coefficient (Wildman–Crippen LogP) is 4.06. The van der Waals surface area contributed by atoms with Gasteiger partial charge in [0.1, 0.15) is 0 Å². The van der Waals surface area contributed by atoms with Crippen LogP contribution in [0.15, 0.2) is 30.3 Å². The minimum absolute atomic E-state index is 1.11. The van der Waals surface area contributed by atoms with E-state index in [1.807, 2.05) is 0 Å². The second-order valence-electron chi connectivity index (χ2n) is 3.31. The van der Waals surface area contributed by atoms with E-state index in [2.05, 4.69) is 50.3 Å². The molecule has 0 saturated heterocycles. The Morgan fingerprint density at radius 2 is 2.08 bits per heavy atom. The Morgan fingerprint density at radius 3 is 2.77 bits per heavy atom. The largest absolute Gasteiger partial charge is 0.0842 e. The Balaban J connectivity index is 2.73. The van der Waals surface area contributed by atoms with E-state index in [0.29, 0.717) is 0 Å². The fourth-order valence-electron chi connectivity index (χ4n) is 1.39. The van der Waals surface area contributed by atoms with Crippen molar-refractivity contribution in [1.29, 1.82) is 0 Å². The quantitative estimate of drug-likeness (QED) is 0.645. The summed E-state index contributed by atoms with van der Waals surface area (Å²) in [7, 11) is 0. The lowest BCUT2D eigenvalue weighted by molar-refractivity contribution is 0.921. The van der Waals surface area contributed by atoms with Gasteiger partial charge in [-0.05, 0) is 24.0 Å². The van der Waals surface area contributed by atoms with Gasteiger partial charge in [-0.15, -0.1) is 0 Å². The molecule has 0 radical (unpaired) electrons. The van der Waals surface area contributed by atoms with Crippen molar-refractivity contribution < 1.29 is 0 Å². The van der Waals surface area contributed by atoms with Crippen LogP contribution in [0, 0.1) is 0 Å². The zero-order valence-electron chi connectivity index (χ0n) is 8.59. The molecule has 0 saturated carbocycles. The molecule has 0 heterocycles. The van der Waals surface area contributed by atoms with Gasteiger partial charge in [-0.2, -0.15) is 0 Å². The highest BCUT2D eigenvalue weighted by molar-refractivity contribution is 5.50. The molecule has 0 aliphatic rings. The number of allylic oxidation sites excluding steroid dienone is 1. The molecule has 0 aliphatic carbocycles. The van der Waals surface area contributed by atoms with E-state index in [-0.39, 0.29) is 0 Å². The number of hydrogen-bond donors (Lipinski definition) is 0. The first-order valence-corrected chi connectivity index (χ1v) is 5.12. The van der Waals surface area contributed by atoms with E-state index in [4.69, 9.17) is 0 Å². The van der Waals surface area contributed by atoms with Crippen molar-refractivity contribution in [2.24, 2.45) is 0 Å². The molecule has 1 aromatic carbocycles. The summed E-state index contributed by atoms with van der Waals surface area (Å²) < 4.78 is 0. The van der Waals surface area contributed by atoms with Crippen molar-refractivity contribution in [2.75, 3.05) is 0 Å². The van der Waals surface area contributed by atoms with Gasteiger partial charge in [0.25, 0.3) is 0 Å². The summed E-state index contributed by atoms with van der Waals surface area (Å²) in [6, 6.07) is 8.77. The average molecular weight is 174 g/mol. The maximum Gasteiger partial charge on any atom is -0.0257 e. The highest BCUT2D eigenvalue weighted by atomic mass is 14.0. The van der Waals surface area contributed by atoms with E-state index >= 15 is 0 Å². The van der Waals surface area contributed by atoms with Gasteiger partial charge in [-0.25, -0.2) is 0 Å². The molecule has 0 bridgehead atoms. The van der Waals surface area contributed by atoms with Crippen LogP contribution in [0.1, 0.15) is 37.8 Å². The summed E-state index contributed by atoms with van der Waals surface area (Å²) in [5.41, 5.74) is 2.77. The van der Waals surface area contributed by atoms with Gasteiger partial charge >= 0.3 is 0 Å². The van der Waals surface area contributed by atoms with Crippen LogP contribution in [0.5, 0.6) is 0 Å². The van der Waals surface area contributed by atoms with Crippen LogP contribution >= 0.6 is 0 Å². The first-order chi connectivity index (χ1) is 6.36. The Hall–Kier alpha value is -1.04. The molecule has 1 rings (SSSR count). The lowest BCUT2D eigenvalue weighted by Crippen LogP contribution is -1.83. The Morgan fingerprint density at radius 1 is 1.23 bits per heavy atom. The molecule has 0 spiro atoms. The molecule has 0 unspecified atom stereocenters. The molecule has 70 valence electrons. The average Bonchev–Trinajstić information content (AvgIpc) is 2.16. The van der Waals surface area contributed by atoms with Crippen molar-refractivity contribution in [1.82, 2.24) is 0 Å². The summed E-state index contributed by atoms with van der Waals surface area (Å²) >= 11 is 0. The van der Waals surface area contributed by atoms with Crippen molar-refractivity contribution in [3.8, 4) is 0 Å². The maximum absolute atomic E-state index is 2.27. The minimum atomic E-state index is 1.11. The SMILES string of the molecule is CCC=Cc1cccc(CCC)c1. The highest BCUT2D eigenvalue weighted by Gasteiger charge is 1.91. The van der Waals surface area contributed by atoms with Crippen LogP contribution in [0.3, 0.4) is 0 Å². The molecule has 13 heavy (non-hydrogen) atoms. The molecule has 0 N–H and O–H groups in total. The summed E-state index contributed by atoms with van der Waals surface area (Å²) in [5, 5.41) is 0. The molecule has 0 atom stereocenters. The van der Waals surface area contributed by atoms with E-state index < -0.39 is 0 Å². The third-order valence-corrected chi connectivity index (χ3v) is 2.04. The molecule has 0 nitrogen and oxygen atoms in total. The van der Waals surface area contributed by atoms with Gasteiger partial charge in [0.2, 0.25) is 0 Å². The van der Waals surface area contributed by atoms with Gasteiger partial charge in [0.05, 0.1) is 0 Å². The molecule has 1 aromatic rings. The van der Waals surface area contributed by atoms with Crippen LogP contribution in [-0.4, -0.2) is 0 Å². The lowest BCUT2D eigenvalue weighted by Gasteiger charge is -1.99. The summed E-state index contributed by atoms with van der Waals surface area (Å²) in [4.78, 5) is 0. The number of benzene rings is 1. The molecule has 0 fully saturated rings. The zero-order chi connectivity index (χ0) is 9.52. The van der Waals surface area contributed by atoms with Crippen LogP contribution in [-0.2, 0) is 6.42 Å². The van der Waals surface area contributed by atoms with Gasteiger partial charge in [-0.3, -0.25) is 0 Å². The van der Waals surface area contributed by atoms with E-state index in [9.17, 15) is 0 Å². The van der Waals surface area contributed by atoms with Crippen LogP contribution in [0.2, 0.25) is 0 Å². The van der Waals surface area contributed by atoms with Gasteiger partial charge in [-0.1, -0.05) is 56.7 Å². The van der Waals surface area contributed by atoms with Crippen LogP contribution < -0.4 is 0 Å². The molecule has 0 amide bonds. The van der Waals surface area contributed by atoms with Crippen LogP contribution in [0.25, 0.3) is 6.08 Å². The normalized spacial score (nSPS) is 10.9. The monoisotopic (exact) mass is 174 g/mol. The fourth-order valence-corrected chi connectivity index (χ4v) is 1.39. The fraction of sp³-hybridized carbons (Fsp3) is 0.385. The smallest absolute Gasteiger partial charge is 0.0257 e. The Kier molecular flexibility index (Phi) is 4.31. The summed E-state index contributed by atoms with van der Waals surface area (Å²) in [6.45, 7) is 4.38. The molecular formula is C13H18. The molecule has 0 aromatic heterocycles. The van der Waals surface area contributed by atoms with Crippen molar-refractivity contribution in [3.05, 3.63) is 41.5 Å². The summed E-state index contributed by atoms with van der Waals surface area (Å²) in [5.74, 6) is 0. The first-order valence-electron chi connectivity index (χ1n) is 5.12. The number of rotatable bonds is 4. The summed E-state index contributed by atoms with van der Waals surface area (Å²) in [6.07, 6.45) is 7.91. The highest BCUT2D eigenvalue weighted by Crippen LogP contribution is 2.09. The van der Waals surface area contributed by atoms with Crippen molar-refractivity contribution in [2.45, 2.75) is 33.1 Å². The van der Waals surface area contributed by atoms with Gasteiger partial charge in [0.15, 0.2) is 0 Å².